The summed E-state index contributed by atoms with van der Waals surface area (Å²) in [6, 6.07) is 14.9. The molecule has 2 aromatic carbocycles. The van der Waals surface area contributed by atoms with Gasteiger partial charge in [-0.1, -0.05) is 30.3 Å². The fraction of sp³-hybridized carbons (Fsp3) is 0.300. The molecular formula is C20H21FN2O2. The van der Waals surface area contributed by atoms with Gasteiger partial charge >= 0.3 is 0 Å². The first-order chi connectivity index (χ1) is 12.1. The predicted octanol–water partition coefficient (Wildman–Crippen LogP) is 3.02. The molecule has 0 N–H and O–H groups in total. The van der Waals surface area contributed by atoms with Crippen LogP contribution in [0.1, 0.15) is 18.4 Å². The van der Waals surface area contributed by atoms with Crippen LogP contribution in [0.4, 0.5) is 10.1 Å². The van der Waals surface area contributed by atoms with E-state index in [1.165, 1.54) is 17.0 Å². The van der Waals surface area contributed by atoms with Crippen molar-refractivity contribution in [3.8, 4) is 0 Å². The number of hydrogen-bond donors (Lipinski definition) is 0. The summed E-state index contributed by atoms with van der Waals surface area (Å²) in [5.41, 5.74) is 1.56. The van der Waals surface area contributed by atoms with Crippen LogP contribution < -0.4 is 4.90 Å². The summed E-state index contributed by atoms with van der Waals surface area (Å²) >= 11 is 0. The minimum absolute atomic E-state index is 0.0328. The van der Waals surface area contributed by atoms with Gasteiger partial charge in [-0.3, -0.25) is 9.59 Å². The molecule has 1 heterocycles. The van der Waals surface area contributed by atoms with Gasteiger partial charge in [0.05, 0.1) is 6.42 Å². The molecule has 0 spiro atoms. The zero-order chi connectivity index (χ0) is 17.8. The van der Waals surface area contributed by atoms with E-state index in [4.69, 9.17) is 0 Å². The maximum absolute atomic E-state index is 13.1. The summed E-state index contributed by atoms with van der Waals surface area (Å²) in [7, 11) is 1.66. The van der Waals surface area contributed by atoms with E-state index in [0.29, 0.717) is 25.1 Å². The molecule has 0 bridgehead atoms. The van der Waals surface area contributed by atoms with Crippen LogP contribution in [0.3, 0.4) is 0 Å². The van der Waals surface area contributed by atoms with Crippen molar-refractivity contribution >= 4 is 17.5 Å². The van der Waals surface area contributed by atoms with Gasteiger partial charge in [-0.25, -0.2) is 4.39 Å². The minimum Gasteiger partial charge on any atom is -0.330 e. The lowest BCUT2D eigenvalue weighted by atomic mass is 10.1. The van der Waals surface area contributed by atoms with Gasteiger partial charge < -0.3 is 9.80 Å². The topological polar surface area (TPSA) is 40.6 Å². The van der Waals surface area contributed by atoms with Crippen molar-refractivity contribution in [3.05, 3.63) is 66.0 Å². The van der Waals surface area contributed by atoms with Crippen LogP contribution in [0.15, 0.2) is 54.6 Å². The predicted molar refractivity (Wildman–Crippen MR) is 94.7 cm³/mol. The third-order valence-electron chi connectivity index (χ3n) is 4.60. The zero-order valence-corrected chi connectivity index (χ0v) is 14.2. The number of nitrogens with zero attached hydrogens (tertiary/aromatic N) is 2. The highest BCUT2D eigenvalue weighted by Gasteiger charge is 2.35. The molecule has 1 aliphatic rings. The van der Waals surface area contributed by atoms with Crippen LogP contribution in [-0.4, -0.2) is 36.3 Å². The van der Waals surface area contributed by atoms with Gasteiger partial charge in [-0.2, -0.15) is 0 Å². The maximum atomic E-state index is 13.1. The standard InChI is InChI=1S/C20H21FN2O2/c1-22(17-11-9-16(21)10-12-17)20(25)18-8-5-13-23(18)19(24)14-15-6-3-2-4-7-15/h2-4,6-7,9-12,18H,5,8,13-14H2,1H3. The quantitative estimate of drug-likeness (QED) is 0.858. The summed E-state index contributed by atoms with van der Waals surface area (Å²) in [4.78, 5) is 28.6. The molecule has 2 amide bonds. The second-order valence-corrected chi connectivity index (χ2v) is 6.28. The number of amides is 2. The highest BCUT2D eigenvalue weighted by Crippen LogP contribution is 2.23. The third-order valence-corrected chi connectivity index (χ3v) is 4.60. The van der Waals surface area contributed by atoms with E-state index in [2.05, 4.69) is 0 Å². The molecule has 1 aliphatic heterocycles. The number of carbonyl (C=O) groups excluding carboxylic acids is 2. The molecule has 0 radical (unpaired) electrons. The Kier molecular flexibility index (Phi) is 5.12. The SMILES string of the molecule is CN(C(=O)C1CCCN1C(=O)Cc1ccccc1)c1ccc(F)cc1. The van der Waals surface area contributed by atoms with Crippen molar-refractivity contribution < 1.29 is 14.0 Å². The number of halogens is 1. The Morgan fingerprint density at radius 3 is 2.48 bits per heavy atom. The lowest BCUT2D eigenvalue weighted by Gasteiger charge is -2.28. The summed E-state index contributed by atoms with van der Waals surface area (Å²) in [5, 5.41) is 0. The first kappa shape index (κ1) is 17.1. The van der Waals surface area contributed by atoms with E-state index >= 15 is 0 Å². The van der Waals surface area contributed by atoms with Crippen molar-refractivity contribution in [1.82, 2.24) is 4.90 Å². The molecule has 3 rings (SSSR count). The number of benzene rings is 2. The number of anilines is 1. The van der Waals surface area contributed by atoms with E-state index in [0.717, 1.165) is 12.0 Å². The molecule has 1 saturated heterocycles. The second-order valence-electron chi connectivity index (χ2n) is 6.28. The van der Waals surface area contributed by atoms with E-state index in [9.17, 15) is 14.0 Å². The highest BCUT2D eigenvalue weighted by atomic mass is 19.1. The molecular weight excluding hydrogens is 319 g/mol. The van der Waals surface area contributed by atoms with E-state index in [-0.39, 0.29) is 17.6 Å². The lowest BCUT2D eigenvalue weighted by molar-refractivity contribution is -0.136. The maximum Gasteiger partial charge on any atom is 0.249 e. The molecule has 1 atom stereocenters. The number of rotatable bonds is 4. The summed E-state index contributed by atoms with van der Waals surface area (Å²) in [6.07, 6.45) is 1.77. The molecule has 1 fully saturated rings. The lowest BCUT2D eigenvalue weighted by Crippen LogP contribution is -2.47. The van der Waals surface area contributed by atoms with Crippen LogP contribution >= 0.6 is 0 Å². The number of carbonyl (C=O) groups is 2. The first-order valence-electron chi connectivity index (χ1n) is 8.43. The molecule has 25 heavy (non-hydrogen) atoms. The second kappa shape index (κ2) is 7.47. The average molecular weight is 340 g/mol. The molecule has 0 aliphatic carbocycles. The van der Waals surface area contributed by atoms with Crippen LogP contribution in [0, 0.1) is 5.82 Å². The van der Waals surface area contributed by atoms with E-state index in [1.807, 2.05) is 30.3 Å². The smallest absolute Gasteiger partial charge is 0.249 e. The van der Waals surface area contributed by atoms with E-state index < -0.39 is 6.04 Å². The Bertz CT molecular complexity index is 746. The monoisotopic (exact) mass is 340 g/mol. The Hall–Kier alpha value is -2.69. The molecule has 130 valence electrons. The van der Waals surface area contributed by atoms with E-state index in [1.54, 1.807) is 24.1 Å². The summed E-state index contributed by atoms with van der Waals surface area (Å²) in [5.74, 6) is -0.509. The molecule has 5 heteroatoms. The molecule has 1 unspecified atom stereocenters. The Morgan fingerprint density at radius 1 is 1.12 bits per heavy atom. The third kappa shape index (κ3) is 3.87. The largest absolute Gasteiger partial charge is 0.330 e. The van der Waals surface area contributed by atoms with Crippen molar-refractivity contribution in [2.45, 2.75) is 25.3 Å². The fourth-order valence-electron chi connectivity index (χ4n) is 3.21. The van der Waals surface area contributed by atoms with Gasteiger partial charge in [0.25, 0.3) is 0 Å². The van der Waals surface area contributed by atoms with Crippen molar-refractivity contribution in [2.24, 2.45) is 0 Å². The van der Waals surface area contributed by atoms with Crippen LogP contribution in [0.2, 0.25) is 0 Å². The van der Waals surface area contributed by atoms with Crippen LogP contribution in [0.25, 0.3) is 0 Å². The zero-order valence-electron chi connectivity index (χ0n) is 14.2. The van der Waals surface area contributed by atoms with Crippen LogP contribution in [0.5, 0.6) is 0 Å². The van der Waals surface area contributed by atoms with Crippen LogP contribution in [-0.2, 0) is 16.0 Å². The van der Waals surface area contributed by atoms with Gasteiger partial charge in [-0.05, 0) is 42.7 Å². The van der Waals surface area contributed by atoms with Gasteiger partial charge in [0, 0.05) is 19.3 Å². The minimum atomic E-state index is -0.453. The first-order valence-corrected chi connectivity index (χ1v) is 8.43. The number of likely N-dealkylation sites (N-methyl/N-ethyl adjacent to an activating group) is 1. The van der Waals surface area contributed by atoms with Gasteiger partial charge in [-0.15, -0.1) is 0 Å². The van der Waals surface area contributed by atoms with Crippen molar-refractivity contribution in [3.63, 3.8) is 0 Å². The summed E-state index contributed by atoms with van der Waals surface area (Å²) in [6.45, 7) is 0.597. The number of hydrogen-bond acceptors (Lipinski definition) is 2. The molecule has 0 aromatic heterocycles. The molecule has 4 nitrogen and oxygen atoms in total. The van der Waals surface area contributed by atoms with Gasteiger partial charge in [0.2, 0.25) is 11.8 Å². The summed E-state index contributed by atoms with van der Waals surface area (Å²) < 4.78 is 13.1. The molecule has 2 aromatic rings. The Labute approximate surface area is 146 Å². The highest BCUT2D eigenvalue weighted by molar-refractivity contribution is 5.99. The normalized spacial score (nSPS) is 16.7. The average Bonchev–Trinajstić information content (AvgIpc) is 3.12. The fourth-order valence-corrected chi connectivity index (χ4v) is 3.21. The van der Waals surface area contributed by atoms with Crippen molar-refractivity contribution in [2.75, 3.05) is 18.5 Å². The van der Waals surface area contributed by atoms with Gasteiger partial charge in [0.15, 0.2) is 0 Å². The Morgan fingerprint density at radius 2 is 1.80 bits per heavy atom. The number of likely N-dealkylation sites (tertiary alicyclic amines) is 1. The molecule has 0 saturated carbocycles. The van der Waals surface area contributed by atoms with Crippen molar-refractivity contribution in [1.29, 1.82) is 0 Å². The Balaban J connectivity index is 1.70. The van der Waals surface area contributed by atoms with Gasteiger partial charge in [0.1, 0.15) is 11.9 Å².